The van der Waals surface area contributed by atoms with Gasteiger partial charge in [0.15, 0.2) is 0 Å². The molecule has 0 aliphatic heterocycles. The standard InChI is InChI=1S/C9H10BrF3N2O2/c1-5-7(10)6(2)15(8(16)14-5)3-4-17-9(11,12)13/h3-4H2,1-2H3. The van der Waals surface area contributed by atoms with Crippen molar-refractivity contribution in [1.82, 2.24) is 9.55 Å². The number of rotatable bonds is 3. The van der Waals surface area contributed by atoms with Crippen molar-refractivity contribution in [2.75, 3.05) is 6.61 Å². The Morgan fingerprint density at radius 1 is 1.41 bits per heavy atom. The number of hydrogen-bond acceptors (Lipinski definition) is 3. The molecule has 0 spiro atoms. The molecule has 0 saturated heterocycles. The SMILES string of the molecule is Cc1nc(=O)n(CCOC(F)(F)F)c(C)c1Br. The van der Waals surface area contributed by atoms with Gasteiger partial charge in [-0.25, -0.2) is 4.79 Å². The van der Waals surface area contributed by atoms with Crippen molar-refractivity contribution in [3.63, 3.8) is 0 Å². The van der Waals surface area contributed by atoms with E-state index < -0.39 is 18.7 Å². The second-order valence-electron chi connectivity index (χ2n) is 3.33. The quantitative estimate of drug-likeness (QED) is 0.858. The highest BCUT2D eigenvalue weighted by Gasteiger charge is 2.28. The van der Waals surface area contributed by atoms with E-state index in [-0.39, 0.29) is 6.54 Å². The fraction of sp³-hybridized carbons (Fsp3) is 0.556. The maximum atomic E-state index is 11.8. The summed E-state index contributed by atoms with van der Waals surface area (Å²) in [5.74, 6) is 0. The molecule has 0 atom stereocenters. The van der Waals surface area contributed by atoms with Crippen LogP contribution in [0.15, 0.2) is 9.27 Å². The van der Waals surface area contributed by atoms with Gasteiger partial charge in [-0.1, -0.05) is 0 Å². The topological polar surface area (TPSA) is 44.1 Å². The summed E-state index contributed by atoms with van der Waals surface area (Å²) < 4.78 is 40.6. The maximum absolute atomic E-state index is 11.8. The van der Waals surface area contributed by atoms with Crippen molar-refractivity contribution in [2.24, 2.45) is 0 Å². The maximum Gasteiger partial charge on any atom is 0.522 e. The Kier molecular flexibility index (Phi) is 4.31. The van der Waals surface area contributed by atoms with Crippen LogP contribution in [0.25, 0.3) is 0 Å². The lowest BCUT2D eigenvalue weighted by atomic mass is 10.3. The molecule has 1 rings (SSSR count). The number of aryl methyl sites for hydroxylation is 1. The van der Waals surface area contributed by atoms with Gasteiger partial charge in [0.2, 0.25) is 0 Å². The lowest BCUT2D eigenvalue weighted by Gasteiger charge is -2.13. The molecule has 0 N–H and O–H groups in total. The Bertz CT molecular complexity index is 471. The van der Waals surface area contributed by atoms with Gasteiger partial charge < -0.3 is 0 Å². The van der Waals surface area contributed by atoms with Crippen molar-refractivity contribution in [2.45, 2.75) is 26.8 Å². The van der Waals surface area contributed by atoms with Gasteiger partial charge in [-0.2, -0.15) is 4.98 Å². The normalized spacial score (nSPS) is 11.9. The number of nitrogens with zero attached hydrogens (tertiary/aromatic N) is 2. The molecule has 96 valence electrons. The number of aromatic nitrogens is 2. The molecule has 1 aromatic rings. The minimum absolute atomic E-state index is 0.198. The van der Waals surface area contributed by atoms with Gasteiger partial charge in [-0.15, -0.1) is 13.2 Å². The molecule has 0 fully saturated rings. The van der Waals surface area contributed by atoms with E-state index in [2.05, 4.69) is 25.7 Å². The Morgan fingerprint density at radius 3 is 2.53 bits per heavy atom. The summed E-state index contributed by atoms with van der Waals surface area (Å²) in [5, 5.41) is 0. The van der Waals surface area contributed by atoms with Gasteiger partial charge in [-0.05, 0) is 29.8 Å². The predicted molar refractivity (Wildman–Crippen MR) is 57.7 cm³/mol. The molecule has 0 radical (unpaired) electrons. The van der Waals surface area contributed by atoms with E-state index in [9.17, 15) is 18.0 Å². The molecule has 0 unspecified atom stereocenters. The lowest BCUT2D eigenvalue weighted by molar-refractivity contribution is -0.325. The van der Waals surface area contributed by atoms with Crippen LogP contribution in [0.4, 0.5) is 13.2 Å². The summed E-state index contributed by atoms with van der Waals surface area (Å²) in [5.41, 5.74) is 0.433. The summed E-state index contributed by atoms with van der Waals surface area (Å²) in [4.78, 5) is 15.1. The highest BCUT2D eigenvalue weighted by atomic mass is 79.9. The van der Waals surface area contributed by atoms with Crippen molar-refractivity contribution >= 4 is 15.9 Å². The van der Waals surface area contributed by atoms with Crippen LogP contribution in [-0.4, -0.2) is 22.5 Å². The molecular formula is C9H10BrF3N2O2. The first-order valence-corrected chi connectivity index (χ1v) is 5.46. The predicted octanol–water partition coefficient (Wildman–Crippen LogP) is 2.16. The summed E-state index contributed by atoms with van der Waals surface area (Å²) in [7, 11) is 0. The molecule has 8 heteroatoms. The molecule has 0 saturated carbocycles. The zero-order valence-corrected chi connectivity index (χ0v) is 10.7. The van der Waals surface area contributed by atoms with E-state index in [1.54, 1.807) is 13.8 Å². The Balaban J connectivity index is 2.86. The molecule has 4 nitrogen and oxygen atoms in total. The fourth-order valence-electron chi connectivity index (χ4n) is 1.29. The third kappa shape index (κ3) is 3.81. The highest BCUT2D eigenvalue weighted by Crippen LogP contribution is 2.18. The first-order chi connectivity index (χ1) is 7.72. The third-order valence-corrected chi connectivity index (χ3v) is 3.26. The van der Waals surface area contributed by atoms with Crippen LogP contribution in [0.3, 0.4) is 0 Å². The van der Waals surface area contributed by atoms with E-state index in [1.165, 1.54) is 0 Å². The Labute approximate surface area is 104 Å². The van der Waals surface area contributed by atoms with E-state index in [0.29, 0.717) is 15.9 Å². The molecular weight excluding hydrogens is 305 g/mol. The van der Waals surface area contributed by atoms with E-state index in [1.807, 2.05) is 0 Å². The summed E-state index contributed by atoms with van der Waals surface area (Å²) in [6.45, 7) is 2.43. The van der Waals surface area contributed by atoms with Gasteiger partial charge in [0.05, 0.1) is 23.3 Å². The highest BCUT2D eigenvalue weighted by molar-refractivity contribution is 9.10. The van der Waals surface area contributed by atoms with E-state index in [0.717, 1.165) is 4.57 Å². The lowest BCUT2D eigenvalue weighted by Crippen LogP contribution is -2.29. The second kappa shape index (κ2) is 5.18. The number of ether oxygens (including phenoxy) is 1. The number of hydrogen-bond donors (Lipinski definition) is 0. The zero-order valence-electron chi connectivity index (χ0n) is 9.14. The van der Waals surface area contributed by atoms with Crippen molar-refractivity contribution in [3.8, 4) is 0 Å². The van der Waals surface area contributed by atoms with Crippen molar-refractivity contribution < 1.29 is 17.9 Å². The van der Waals surface area contributed by atoms with Crippen molar-refractivity contribution in [3.05, 3.63) is 26.3 Å². The van der Waals surface area contributed by atoms with Gasteiger partial charge in [0.1, 0.15) is 0 Å². The average Bonchev–Trinajstić information content (AvgIpc) is 2.18. The molecule has 0 aromatic carbocycles. The van der Waals surface area contributed by atoms with Crippen LogP contribution >= 0.6 is 15.9 Å². The molecule has 1 aromatic heterocycles. The van der Waals surface area contributed by atoms with Crippen LogP contribution in [0.5, 0.6) is 0 Å². The van der Waals surface area contributed by atoms with E-state index >= 15 is 0 Å². The molecule has 0 aliphatic rings. The fourth-order valence-corrected chi connectivity index (χ4v) is 1.60. The Hall–Kier alpha value is -0.890. The number of alkyl halides is 3. The summed E-state index contributed by atoms with van der Waals surface area (Å²) in [6, 6.07) is 0. The zero-order chi connectivity index (χ0) is 13.2. The summed E-state index contributed by atoms with van der Waals surface area (Å²) in [6.07, 6.45) is -4.69. The monoisotopic (exact) mass is 314 g/mol. The average molecular weight is 315 g/mol. The van der Waals surface area contributed by atoms with Crippen LogP contribution in [0.2, 0.25) is 0 Å². The molecule has 1 heterocycles. The van der Waals surface area contributed by atoms with Gasteiger partial charge in [0, 0.05) is 5.69 Å². The molecule has 17 heavy (non-hydrogen) atoms. The van der Waals surface area contributed by atoms with E-state index in [4.69, 9.17) is 0 Å². The summed E-state index contributed by atoms with van der Waals surface area (Å²) >= 11 is 3.21. The largest absolute Gasteiger partial charge is 0.522 e. The minimum Gasteiger partial charge on any atom is -0.293 e. The van der Waals surface area contributed by atoms with Crippen LogP contribution in [0.1, 0.15) is 11.4 Å². The smallest absolute Gasteiger partial charge is 0.293 e. The number of halogens is 4. The first kappa shape index (κ1) is 14.2. The van der Waals surface area contributed by atoms with Gasteiger partial charge in [-0.3, -0.25) is 9.30 Å². The molecule has 0 bridgehead atoms. The van der Waals surface area contributed by atoms with Crippen molar-refractivity contribution in [1.29, 1.82) is 0 Å². The minimum atomic E-state index is -4.69. The van der Waals surface area contributed by atoms with Gasteiger partial charge >= 0.3 is 12.1 Å². The van der Waals surface area contributed by atoms with Crippen LogP contribution in [-0.2, 0) is 11.3 Å². The van der Waals surface area contributed by atoms with Crippen LogP contribution < -0.4 is 5.69 Å². The second-order valence-corrected chi connectivity index (χ2v) is 4.12. The van der Waals surface area contributed by atoms with Crippen LogP contribution in [0, 0.1) is 13.8 Å². The Morgan fingerprint density at radius 2 is 2.00 bits per heavy atom. The first-order valence-electron chi connectivity index (χ1n) is 4.66. The molecule has 0 aliphatic carbocycles. The molecule has 0 amide bonds. The van der Waals surface area contributed by atoms with Gasteiger partial charge in [0.25, 0.3) is 0 Å². The third-order valence-electron chi connectivity index (χ3n) is 2.12.